The van der Waals surface area contributed by atoms with E-state index in [4.69, 9.17) is 5.73 Å². The number of pyridine rings is 1. The Balaban J connectivity index is 1.60. The van der Waals surface area contributed by atoms with Crippen LogP contribution in [-0.2, 0) is 6.54 Å². The second-order valence-corrected chi connectivity index (χ2v) is 5.27. The molecule has 2 unspecified atom stereocenters. The van der Waals surface area contributed by atoms with Crippen LogP contribution in [0.15, 0.2) is 24.4 Å². The van der Waals surface area contributed by atoms with Gasteiger partial charge in [-0.3, -0.25) is 9.88 Å². The molecule has 3 atom stereocenters. The first-order valence-electron chi connectivity index (χ1n) is 6.19. The van der Waals surface area contributed by atoms with Crippen LogP contribution in [0.1, 0.15) is 18.5 Å². The van der Waals surface area contributed by atoms with Gasteiger partial charge < -0.3 is 5.73 Å². The lowest BCUT2D eigenvalue weighted by Crippen LogP contribution is -2.25. The van der Waals surface area contributed by atoms with Crippen molar-refractivity contribution in [3.63, 3.8) is 0 Å². The molecule has 1 saturated heterocycles. The molecule has 2 heterocycles. The maximum absolute atomic E-state index is 5.99. The summed E-state index contributed by atoms with van der Waals surface area (Å²) in [4.78, 5) is 6.92. The van der Waals surface area contributed by atoms with Crippen molar-refractivity contribution in [3.8, 4) is 0 Å². The number of fused-ring (bicyclic) bond motifs is 1. The lowest BCUT2D eigenvalue weighted by molar-refractivity contribution is 0.296. The van der Waals surface area contributed by atoms with Crippen molar-refractivity contribution in [2.24, 2.45) is 17.6 Å². The van der Waals surface area contributed by atoms with Crippen LogP contribution in [0.2, 0.25) is 0 Å². The Hall–Kier alpha value is -0.930. The summed E-state index contributed by atoms with van der Waals surface area (Å²) in [5.74, 6) is 1.69. The van der Waals surface area contributed by atoms with Gasteiger partial charge in [-0.2, -0.15) is 0 Å². The zero-order chi connectivity index (χ0) is 11.0. The Bertz CT molecular complexity index is 337. The summed E-state index contributed by atoms with van der Waals surface area (Å²) in [5, 5.41) is 0. The largest absolute Gasteiger partial charge is 0.328 e. The third kappa shape index (κ3) is 1.97. The van der Waals surface area contributed by atoms with Crippen molar-refractivity contribution >= 4 is 0 Å². The molecule has 0 bridgehead atoms. The lowest BCUT2D eigenvalue weighted by atomic mass is 10.0. The molecule has 1 aromatic rings. The van der Waals surface area contributed by atoms with Gasteiger partial charge in [0.05, 0.1) is 5.69 Å². The van der Waals surface area contributed by atoms with Crippen LogP contribution >= 0.6 is 0 Å². The molecule has 0 amide bonds. The quantitative estimate of drug-likeness (QED) is 0.810. The van der Waals surface area contributed by atoms with Gasteiger partial charge in [0.15, 0.2) is 0 Å². The van der Waals surface area contributed by atoms with Crippen LogP contribution in [0, 0.1) is 11.8 Å². The minimum atomic E-state index is 0.465. The van der Waals surface area contributed by atoms with Gasteiger partial charge >= 0.3 is 0 Å². The number of hydrogen-bond acceptors (Lipinski definition) is 3. The van der Waals surface area contributed by atoms with E-state index in [2.05, 4.69) is 22.0 Å². The van der Waals surface area contributed by atoms with E-state index in [-0.39, 0.29) is 0 Å². The van der Waals surface area contributed by atoms with Crippen molar-refractivity contribution in [3.05, 3.63) is 30.1 Å². The van der Waals surface area contributed by atoms with E-state index in [1.54, 1.807) is 0 Å². The zero-order valence-electron chi connectivity index (χ0n) is 9.55. The molecule has 2 aliphatic rings. The summed E-state index contributed by atoms with van der Waals surface area (Å²) < 4.78 is 0. The van der Waals surface area contributed by atoms with E-state index >= 15 is 0 Å². The first-order chi connectivity index (χ1) is 7.81. The molecule has 86 valence electrons. The van der Waals surface area contributed by atoms with Crippen LogP contribution in [0.5, 0.6) is 0 Å². The van der Waals surface area contributed by atoms with E-state index in [0.29, 0.717) is 6.04 Å². The molecule has 1 saturated carbocycles. The third-order valence-corrected chi connectivity index (χ3v) is 3.97. The Labute approximate surface area is 96.7 Å². The Morgan fingerprint density at radius 2 is 2.00 bits per heavy atom. The Morgan fingerprint density at radius 3 is 2.62 bits per heavy atom. The Kier molecular flexibility index (Phi) is 2.65. The molecule has 0 aromatic carbocycles. The van der Waals surface area contributed by atoms with Gasteiger partial charge in [-0.15, -0.1) is 0 Å². The van der Waals surface area contributed by atoms with Gasteiger partial charge in [0.1, 0.15) is 0 Å². The van der Waals surface area contributed by atoms with E-state index in [0.717, 1.165) is 18.4 Å². The highest BCUT2D eigenvalue weighted by atomic mass is 15.2. The molecule has 0 spiro atoms. The van der Waals surface area contributed by atoms with E-state index in [9.17, 15) is 0 Å². The minimum absolute atomic E-state index is 0.465. The lowest BCUT2D eigenvalue weighted by Gasteiger charge is -2.16. The molecule has 16 heavy (non-hydrogen) atoms. The fourth-order valence-corrected chi connectivity index (χ4v) is 3.29. The van der Waals surface area contributed by atoms with Crippen LogP contribution < -0.4 is 5.73 Å². The fourth-order valence-electron chi connectivity index (χ4n) is 3.29. The summed E-state index contributed by atoms with van der Waals surface area (Å²) in [5.41, 5.74) is 7.18. The van der Waals surface area contributed by atoms with Gasteiger partial charge in [0.2, 0.25) is 0 Å². The fraction of sp³-hybridized carbons (Fsp3) is 0.615. The van der Waals surface area contributed by atoms with Crippen LogP contribution in [0.4, 0.5) is 0 Å². The molecular formula is C13H19N3. The molecule has 3 nitrogen and oxygen atoms in total. The third-order valence-electron chi connectivity index (χ3n) is 3.97. The summed E-state index contributed by atoms with van der Waals surface area (Å²) in [6.45, 7) is 3.44. The predicted octanol–water partition coefficient (Wildman–Crippen LogP) is 1.25. The van der Waals surface area contributed by atoms with Gasteiger partial charge in [0, 0.05) is 31.9 Å². The summed E-state index contributed by atoms with van der Waals surface area (Å²) >= 11 is 0. The predicted molar refractivity (Wildman–Crippen MR) is 63.7 cm³/mol. The average molecular weight is 217 g/mol. The SMILES string of the molecule is NC1CC2CN(Cc3ccccn3)C[C@H]2C1. The second kappa shape index (κ2) is 4.15. The number of aromatic nitrogens is 1. The van der Waals surface area contributed by atoms with Gasteiger partial charge in [-0.25, -0.2) is 0 Å². The first kappa shape index (κ1) is 10.2. The Morgan fingerprint density at radius 1 is 1.25 bits per heavy atom. The topological polar surface area (TPSA) is 42.1 Å². The number of rotatable bonds is 2. The summed E-state index contributed by atoms with van der Waals surface area (Å²) in [6, 6.07) is 6.61. The van der Waals surface area contributed by atoms with Crippen LogP contribution in [0.3, 0.4) is 0 Å². The summed E-state index contributed by atoms with van der Waals surface area (Å²) in [7, 11) is 0. The number of hydrogen-bond donors (Lipinski definition) is 1. The van der Waals surface area contributed by atoms with E-state index in [1.807, 2.05) is 12.3 Å². The molecule has 3 heteroatoms. The van der Waals surface area contributed by atoms with Crippen molar-refractivity contribution in [1.29, 1.82) is 0 Å². The number of nitrogens with two attached hydrogens (primary N) is 1. The molecular weight excluding hydrogens is 198 g/mol. The molecule has 2 N–H and O–H groups in total. The average Bonchev–Trinajstić information content (AvgIpc) is 2.76. The normalized spacial score (nSPS) is 34.2. The van der Waals surface area contributed by atoms with Gasteiger partial charge in [0.25, 0.3) is 0 Å². The van der Waals surface area contributed by atoms with Crippen molar-refractivity contribution < 1.29 is 0 Å². The van der Waals surface area contributed by atoms with E-state index in [1.165, 1.54) is 31.6 Å². The second-order valence-electron chi connectivity index (χ2n) is 5.27. The number of nitrogens with zero attached hydrogens (tertiary/aromatic N) is 2. The number of likely N-dealkylation sites (tertiary alicyclic amines) is 1. The highest BCUT2D eigenvalue weighted by molar-refractivity contribution is 5.04. The van der Waals surface area contributed by atoms with Crippen LogP contribution in [0.25, 0.3) is 0 Å². The monoisotopic (exact) mass is 217 g/mol. The van der Waals surface area contributed by atoms with E-state index < -0.39 is 0 Å². The van der Waals surface area contributed by atoms with Crippen molar-refractivity contribution in [2.75, 3.05) is 13.1 Å². The molecule has 0 radical (unpaired) electrons. The van der Waals surface area contributed by atoms with Crippen molar-refractivity contribution in [1.82, 2.24) is 9.88 Å². The van der Waals surface area contributed by atoms with Gasteiger partial charge in [-0.05, 0) is 36.8 Å². The maximum Gasteiger partial charge on any atom is 0.0543 e. The summed E-state index contributed by atoms with van der Waals surface area (Å²) in [6.07, 6.45) is 4.33. The maximum atomic E-state index is 5.99. The standard InChI is InChI=1S/C13H19N3/c14-12-5-10-7-16(8-11(10)6-12)9-13-3-1-2-4-15-13/h1-4,10-12H,5-9,14H2/t10-,11?,12?/m1/s1. The minimum Gasteiger partial charge on any atom is -0.328 e. The van der Waals surface area contributed by atoms with Crippen molar-refractivity contribution in [2.45, 2.75) is 25.4 Å². The highest BCUT2D eigenvalue weighted by Gasteiger charge is 2.39. The first-order valence-corrected chi connectivity index (χ1v) is 6.19. The molecule has 1 aliphatic carbocycles. The highest BCUT2D eigenvalue weighted by Crippen LogP contribution is 2.37. The molecule has 3 rings (SSSR count). The molecule has 2 fully saturated rings. The van der Waals surface area contributed by atoms with Crippen LogP contribution in [-0.4, -0.2) is 29.0 Å². The van der Waals surface area contributed by atoms with Gasteiger partial charge in [-0.1, -0.05) is 6.07 Å². The smallest absolute Gasteiger partial charge is 0.0543 e. The zero-order valence-corrected chi connectivity index (χ0v) is 9.55. The molecule has 1 aliphatic heterocycles. The molecule has 1 aromatic heterocycles.